The van der Waals surface area contributed by atoms with Gasteiger partial charge in [0.05, 0.1) is 19.6 Å². The predicted molar refractivity (Wildman–Crippen MR) is 272 cm³/mol. The fourth-order valence-electron chi connectivity index (χ4n) is 8.28. The number of hydrogen-bond donors (Lipinski definition) is 11. The Morgan fingerprint density at radius 3 is 1.89 bits per heavy atom. The summed E-state index contributed by atoms with van der Waals surface area (Å²) in [6.07, 6.45) is 12.9. The third-order valence-electron chi connectivity index (χ3n) is 12.7. The first-order valence-electron chi connectivity index (χ1n) is 25.3. The highest BCUT2D eigenvalue weighted by atomic mass is 16.3. The molecule has 0 saturated heterocycles. The molecule has 4 bridgehead atoms. The van der Waals surface area contributed by atoms with Gasteiger partial charge in [0, 0.05) is 44.7 Å². The van der Waals surface area contributed by atoms with Crippen molar-refractivity contribution >= 4 is 58.9 Å². The lowest BCUT2D eigenvalue weighted by atomic mass is 9.93. The zero-order valence-electron chi connectivity index (χ0n) is 43.0. The first-order valence-corrected chi connectivity index (χ1v) is 25.3. The maximum absolute atomic E-state index is 14.1. The molecule has 0 aliphatic carbocycles. The number of Topliss-reactive ketones (excluding diaryl/α,β-unsaturated/α-hetero) is 1. The molecular weight excluding hydrogens is 961 g/mol. The standard InChI is InChI=1S/C51H76N10O13/c1-5-6-7-8-9-10-11-12-13-14-15-16-17-18-42(67)60(3)37(23-24-62)48(71)59-45(53)51(74)56-30-43(68)61(4)44-33-20-22-39(64)35(27-33)34-25-32(19-21-38(34)63)26-36(58-46(69)31(2)57-50(44)73)47(70)54-28-40(65)49(72)55-29-41(52)66/h19-22,25,27,31,36-37,44-45,62-64H,5-18,23-24,26,28-30,53H2,1-4H3,(H2,52,66)(H,54,70)(H,55,72)(H,56,74)(H,57,73)(H,58,69)(H,59,71)/t31-,36-,37+,44-,45-/m0/s1. The third kappa shape index (κ3) is 19.7. The molecule has 74 heavy (non-hydrogen) atoms. The van der Waals surface area contributed by atoms with Crippen molar-refractivity contribution in [1.29, 1.82) is 0 Å². The highest BCUT2D eigenvalue weighted by Crippen LogP contribution is 2.38. The van der Waals surface area contributed by atoms with Gasteiger partial charge in [-0.1, -0.05) is 96.1 Å². The lowest BCUT2D eigenvalue weighted by Gasteiger charge is -2.30. The molecule has 408 valence electrons. The lowest BCUT2D eigenvalue weighted by molar-refractivity contribution is -0.141. The van der Waals surface area contributed by atoms with E-state index >= 15 is 0 Å². The summed E-state index contributed by atoms with van der Waals surface area (Å²) >= 11 is 0. The number of rotatable bonds is 29. The number of phenolic OH excluding ortho intramolecular Hbond substituents is 2. The zero-order chi connectivity index (χ0) is 54.9. The number of aliphatic hydroxyl groups is 1. The van der Waals surface area contributed by atoms with E-state index in [1.165, 1.54) is 114 Å². The molecule has 0 fully saturated rings. The van der Waals surface area contributed by atoms with Gasteiger partial charge < -0.3 is 68.5 Å². The molecule has 2 aromatic rings. The van der Waals surface area contributed by atoms with E-state index in [9.17, 15) is 63.3 Å². The molecule has 1 aliphatic rings. The van der Waals surface area contributed by atoms with Crippen LogP contribution in [0.3, 0.4) is 0 Å². The van der Waals surface area contributed by atoms with Gasteiger partial charge in [0.1, 0.15) is 35.7 Å². The SMILES string of the molecule is CCCCCCCCCCCCCCCC(=O)N(C)[C@H](CCO)C(=O)N[C@H](N)C(=O)NCC(=O)N(C)[C@@H]1C(=O)N[C@@H](C)C(=O)N[C@H](C(=O)NCC(=O)C(=O)NCC(N)=O)Cc2ccc(O)c(c2)-c2cc1ccc2O. The second-order valence-corrected chi connectivity index (χ2v) is 18.6. The van der Waals surface area contributed by atoms with Gasteiger partial charge in [-0.25, -0.2) is 0 Å². The number of likely N-dealkylation sites (N-methyl/N-ethyl adjacent to an activating group) is 2. The summed E-state index contributed by atoms with van der Waals surface area (Å²) in [5.41, 5.74) is 11.4. The van der Waals surface area contributed by atoms with Crippen molar-refractivity contribution in [2.45, 2.75) is 147 Å². The lowest BCUT2D eigenvalue weighted by Crippen LogP contribution is -2.58. The monoisotopic (exact) mass is 1040 g/mol. The Morgan fingerprint density at radius 1 is 0.716 bits per heavy atom. The number of phenols is 2. The Morgan fingerprint density at radius 2 is 1.30 bits per heavy atom. The van der Waals surface area contributed by atoms with Crippen LogP contribution in [0.25, 0.3) is 11.1 Å². The number of carbonyl (C=O) groups is 10. The van der Waals surface area contributed by atoms with Gasteiger partial charge >= 0.3 is 0 Å². The van der Waals surface area contributed by atoms with Gasteiger partial charge in [-0.2, -0.15) is 0 Å². The molecule has 3 rings (SSSR count). The molecular formula is C51H76N10O13. The zero-order valence-corrected chi connectivity index (χ0v) is 43.0. The number of aliphatic hydroxyl groups excluding tert-OH is 1. The first kappa shape index (κ1) is 61.2. The topological polar surface area (TPSA) is 362 Å². The van der Waals surface area contributed by atoms with Crippen LogP contribution in [0.15, 0.2) is 36.4 Å². The Kier molecular flexibility index (Phi) is 26.0. The van der Waals surface area contributed by atoms with Crippen LogP contribution in [0.4, 0.5) is 0 Å². The normalized spacial score (nSPS) is 16.2. The number of nitrogens with two attached hydrogens (primary N) is 2. The van der Waals surface area contributed by atoms with E-state index in [-0.39, 0.29) is 53.4 Å². The Labute approximate surface area is 431 Å². The van der Waals surface area contributed by atoms with Crippen LogP contribution in [-0.2, 0) is 54.4 Å². The van der Waals surface area contributed by atoms with Gasteiger partial charge in [-0.3, -0.25) is 47.9 Å². The van der Waals surface area contributed by atoms with Crippen molar-refractivity contribution in [2.75, 3.05) is 40.3 Å². The van der Waals surface area contributed by atoms with E-state index in [0.29, 0.717) is 12.0 Å². The minimum Gasteiger partial charge on any atom is -0.507 e. The predicted octanol–water partition coefficient (Wildman–Crippen LogP) is 0.305. The number of nitrogens with one attached hydrogen (secondary N) is 6. The molecule has 5 atom stereocenters. The highest BCUT2D eigenvalue weighted by Gasteiger charge is 2.34. The Hall–Kier alpha value is -7.14. The van der Waals surface area contributed by atoms with Crippen LogP contribution in [0, 0.1) is 0 Å². The van der Waals surface area contributed by atoms with E-state index in [4.69, 9.17) is 11.5 Å². The molecule has 13 N–H and O–H groups in total. The van der Waals surface area contributed by atoms with E-state index in [0.717, 1.165) is 30.6 Å². The van der Waals surface area contributed by atoms with Crippen LogP contribution >= 0.6 is 0 Å². The summed E-state index contributed by atoms with van der Waals surface area (Å²) in [6.45, 7) is 0.818. The van der Waals surface area contributed by atoms with Gasteiger partial charge in [0.25, 0.3) is 11.8 Å². The maximum Gasteiger partial charge on any atom is 0.289 e. The summed E-state index contributed by atoms with van der Waals surface area (Å²) < 4.78 is 0. The molecule has 23 nitrogen and oxygen atoms in total. The summed E-state index contributed by atoms with van der Waals surface area (Å²) in [5.74, 6) is -9.75. The van der Waals surface area contributed by atoms with Gasteiger partial charge in [0.2, 0.25) is 47.1 Å². The summed E-state index contributed by atoms with van der Waals surface area (Å²) in [7, 11) is 2.65. The summed E-state index contributed by atoms with van der Waals surface area (Å²) in [6, 6.07) is 2.39. The van der Waals surface area contributed by atoms with Crippen molar-refractivity contribution in [2.24, 2.45) is 11.5 Å². The summed E-state index contributed by atoms with van der Waals surface area (Å²) in [5, 5.41) is 45.6. The smallest absolute Gasteiger partial charge is 0.289 e. The molecule has 0 aromatic heterocycles. The van der Waals surface area contributed by atoms with Crippen LogP contribution < -0.4 is 43.4 Å². The molecule has 0 saturated carbocycles. The fourth-order valence-corrected chi connectivity index (χ4v) is 8.28. The number of primary amides is 1. The molecule has 9 amide bonds. The number of unbranched alkanes of at least 4 members (excludes halogenated alkanes) is 12. The maximum atomic E-state index is 14.1. The second-order valence-electron chi connectivity index (χ2n) is 18.6. The number of aromatic hydroxyl groups is 2. The quantitative estimate of drug-likeness (QED) is 0.0297. The largest absolute Gasteiger partial charge is 0.507 e. The number of ketones is 1. The highest BCUT2D eigenvalue weighted by molar-refractivity contribution is 6.37. The summed E-state index contributed by atoms with van der Waals surface area (Å²) in [4.78, 5) is 132. The van der Waals surface area contributed by atoms with Crippen LogP contribution in [0.1, 0.15) is 127 Å². The van der Waals surface area contributed by atoms with Crippen molar-refractivity contribution in [3.8, 4) is 22.6 Å². The van der Waals surface area contributed by atoms with E-state index in [1.54, 1.807) is 0 Å². The number of carbonyl (C=O) groups excluding carboxylic acids is 10. The van der Waals surface area contributed by atoms with Crippen LogP contribution in [0.5, 0.6) is 11.5 Å². The van der Waals surface area contributed by atoms with E-state index in [1.807, 2.05) is 5.32 Å². The fraction of sp³-hybridized carbons (Fsp3) is 0.569. The Bertz CT molecular complexity index is 2290. The molecule has 23 heteroatoms. The van der Waals surface area contributed by atoms with Gasteiger partial charge in [-0.05, 0) is 55.2 Å². The number of hydrogen-bond acceptors (Lipinski definition) is 14. The molecule has 1 heterocycles. The van der Waals surface area contributed by atoms with Crippen LogP contribution in [0.2, 0.25) is 0 Å². The average Bonchev–Trinajstić information content (AvgIpc) is 3.36. The molecule has 1 aliphatic heterocycles. The van der Waals surface area contributed by atoms with Crippen LogP contribution in [-0.4, -0.2) is 149 Å². The average molecular weight is 1040 g/mol. The molecule has 0 spiro atoms. The van der Waals surface area contributed by atoms with Crippen molar-refractivity contribution in [1.82, 2.24) is 41.7 Å². The van der Waals surface area contributed by atoms with Gasteiger partial charge in [0.15, 0.2) is 6.17 Å². The number of amides is 9. The van der Waals surface area contributed by atoms with Crippen molar-refractivity contribution < 1.29 is 63.3 Å². The number of fused-ring (bicyclic) bond motifs is 5. The van der Waals surface area contributed by atoms with Gasteiger partial charge in [-0.15, -0.1) is 0 Å². The minimum atomic E-state index is -1.72. The van der Waals surface area contributed by atoms with Crippen molar-refractivity contribution in [3.05, 3.63) is 47.5 Å². The van der Waals surface area contributed by atoms with E-state index < -0.39 is 110 Å². The Balaban J connectivity index is 1.68. The molecule has 0 radical (unpaired) electrons. The molecule has 2 aromatic carbocycles. The number of benzene rings is 2. The van der Waals surface area contributed by atoms with E-state index in [2.05, 4.69) is 33.5 Å². The first-order chi connectivity index (χ1) is 35.2. The number of nitrogens with zero attached hydrogens (tertiary/aromatic N) is 2. The van der Waals surface area contributed by atoms with Crippen molar-refractivity contribution in [3.63, 3.8) is 0 Å². The molecule has 0 unspecified atom stereocenters. The minimum absolute atomic E-state index is 0.00957. The third-order valence-corrected chi connectivity index (χ3v) is 12.7. The second kappa shape index (κ2) is 31.4.